The highest BCUT2D eigenvalue weighted by Gasteiger charge is 2.18. The molecule has 0 saturated carbocycles. The minimum Gasteiger partial charge on any atom is -0.274 e. The Balaban J connectivity index is 1.93. The second kappa shape index (κ2) is 8.45. The van der Waals surface area contributed by atoms with E-state index in [0.29, 0.717) is 11.0 Å². The lowest BCUT2D eigenvalue weighted by Crippen LogP contribution is -2.41. The van der Waals surface area contributed by atoms with Gasteiger partial charge in [0.2, 0.25) is 11.8 Å². The fourth-order valence-corrected chi connectivity index (χ4v) is 3.15. The number of carbonyl (C=O) groups excluding carboxylic acids is 2. The van der Waals surface area contributed by atoms with Crippen LogP contribution in [0, 0.1) is 6.92 Å². The Morgan fingerprint density at radius 2 is 1.93 bits per heavy atom. The average molecular weight is 382 g/mol. The molecule has 3 rings (SSSR count). The van der Waals surface area contributed by atoms with Crippen molar-refractivity contribution in [1.82, 2.24) is 30.6 Å². The van der Waals surface area contributed by atoms with Crippen LogP contribution in [0.25, 0.3) is 17.1 Å². The SMILES string of the molecule is CC(=O)NNC(=O)CSc1nnc(-c2cccnc2)n1-c1ccccc1C. The highest BCUT2D eigenvalue weighted by molar-refractivity contribution is 7.99. The van der Waals surface area contributed by atoms with E-state index in [-0.39, 0.29) is 17.6 Å². The van der Waals surface area contributed by atoms with E-state index in [1.807, 2.05) is 47.9 Å². The molecule has 9 heteroatoms. The number of nitrogens with zero attached hydrogens (tertiary/aromatic N) is 4. The number of nitrogens with one attached hydrogen (secondary N) is 2. The lowest BCUT2D eigenvalue weighted by Gasteiger charge is -2.12. The van der Waals surface area contributed by atoms with Crippen molar-refractivity contribution in [3.63, 3.8) is 0 Å². The molecule has 0 saturated heterocycles. The molecule has 0 radical (unpaired) electrons. The zero-order valence-corrected chi connectivity index (χ0v) is 15.7. The van der Waals surface area contributed by atoms with Crippen LogP contribution in [0.1, 0.15) is 12.5 Å². The van der Waals surface area contributed by atoms with Gasteiger partial charge in [-0.15, -0.1) is 10.2 Å². The number of thioether (sulfide) groups is 1. The molecule has 0 aliphatic carbocycles. The Kier molecular flexibility index (Phi) is 5.82. The summed E-state index contributed by atoms with van der Waals surface area (Å²) in [5, 5.41) is 9.14. The number of rotatable bonds is 5. The molecule has 27 heavy (non-hydrogen) atoms. The van der Waals surface area contributed by atoms with Crippen molar-refractivity contribution in [2.45, 2.75) is 19.0 Å². The molecule has 0 atom stereocenters. The van der Waals surface area contributed by atoms with Gasteiger partial charge in [-0.25, -0.2) is 0 Å². The second-order valence-electron chi connectivity index (χ2n) is 5.69. The highest BCUT2D eigenvalue weighted by atomic mass is 32.2. The van der Waals surface area contributed by atoms with Crippen molar-refractivity contribution < 1.29 is 9.59 Å². The van der Waals surface area contributed by atoms with Crippen molar-refractivity contribution in [2.75, 3.05) is 5.75 Å². The van der Waals surface area contributed by atoms with Crippen molar-refractivity contribution in [3.8, 4) is 17.1 Å². The van der Waals surface area contributed by atoms with Gasteiger partial charge >= 0.3 is 0 Å². The molecular formula is C18H18N6O2S. The molecule has 1 aromatic carbocycles. The van der Waals surface area contributed by atoms with Crippen LogP contribution in [0.2, 0.25) is 0 Å². The van der Waals surface area contributed by atoms with Crippen LogP contribution >= 0.6 is 11.8 Å². The Bertz CT molecular complexity index is 957. The van der Waals surface area contributed by atoms with Crippen LogP contribution < -0.4 is 10.9 Å². The van der Waals surface area contributed by atoms with Crippen LogP contribution in [0.15, 0.2) is 53.9 Å². The molecule has 2 heterocycles. The quantitative estimate of drug-likeness (QED) is 0.516. The number of para-hydroxylation sites is 1. The van der Waals surface area contributed by atoms with Gasteiger partial charge in [0.25, 0.3) is 0 Å². The van der Waals surface area contributed by atoms with Crippen LogP contribution in [0.5, 0.6) is 0 Å². The molecule has 0 unspecified atom stereocenters. The second-order valence-corrected chi connectivity index (χ2v) is 6.63. The molecule has 0 fully saturated rings. The molecule has 3 aromatic rings. The summed E-state index contributed by atoms with van der Waals surface area (Å²) in [6.07, 6.45) is 3.41. The van der Waals surface area contributed by atoms with Gasteiger partial charge in [0.1, 0.15) is 0 Å². The van der Waals surface area contributed by atoms with Gasteiger partial charge in [-0.05, 0) is 30.7 Å². The maximum absolute atomic E-state index is 11.9. The summed E-state index contributed by atoms with van der Waals surface area (Å²) >= 11 is 1.23. The van der Waals surface area contributed by atoms with Crippen molar-refractivity contribution in [3.05, 3.63) is 54.4 Å². The number of benzene rings is 1. The Hall–Kier alpha value is -3.20. The Labute approximate surface area is 160 Å². The first-order valence-corrected chi connectivity index (χ1v) is 9.15. The highest BCUT2D eigenvalue weighted by Crippen LogP contribution is 2.28. The Morgan fingerprint density at radius 3 is 2.63 bits per heavy atom. The zero-order valence-electron chi connectivity index (χ0n) is 14.8. The first kappa shape index (κ1) is 18.6. The van der Waals surface area contributed by atoms with Crippen LogP contribution in [0.3, 0.4) is 0 Å². The third-order valence-corrected chi connectivity index (χ3v) is 4.55. The monoisotopic (exact) mass is 382 g/mol. The average Bonchev–Trinajstić information content (AvgIpc) is 3.09. The van der Waals surface area contributed by atoms with E-state index in [0.717, 1.165) is 16.8 Å². The molecule has 0 bridgehead atoms. The predicted molar refractivity (Wildman–Crippen MR) is 102 cm³/mol. The fourth-order valence-electron chi connectivity index (χ4n) is 2.40. The normalized spacial score (nSPS) is 10.4. The summed E-state index contributed by atoms with van der Waals surface area (Å²) in [5.41, 5.74) is 7.39. The van der Waals surface area contributed by atoms with E-state index in [2.05, 4.69) is 26.0 Å². The Morgan fingerprint density at radius 1 is 1.11 bits per heavy atom. The summed E-state index contributed by atoms with van der Waals surface area (Å²) in [6, 6.07) is 11.6. The smallest absolute Gasteiger partial charge is 0.248 e. The maximum Gasteiger partial charge on any atom is 0.248 e. The summed E-state index contributed by atoms with van der Waals surface area (Å²) in [5.74, 6) is 0.0482. The topological polar surface area (TPSA) is 102 Å². The largest absolute Gasteiger partial charge is 0.274 e. The van der Waals surface area contributed by atoms with Gasteiger partial charge < -0.3 is 0 Å². The van der Waals surface area contributed by atoms with Crippen molar-refractivity contribution >= 4 is 23.6 Å². The molecule has 2 amide bonds. The van der Waals surface area contributed by atoms with Crippen LogP contribution in [-0.2, 0) is 9.59 Å². The lowest BCUT2D eigenvalue weighted by molar-refractivity contribution is -0.126. The summed E-state index contributed by atoms with van der Waals surface area (Å²) < 4.78 is 1.91. The number of pyridine rings is 1. The van der Waals surface area contributed by atoms with E-state index in [4.69, 9.17) is 0 Å². The standard InChI is InChI=1S/C18H18N6O2S/c1-12-6-3-4-8-15(12)24-17(14-7-5-9-19-10-14)22-23-18(24)27-11-16(26)21-20-13(2)25/h3-10H,11H2,1-2H3,(H,20,25)(H,21,26). The maximum atomic E-state index is 11.9. The van der Waals surface area contributed by atoms with Gasteiger partial charge in [0.05, 0.1) is 11.4 Å². The molecule has 0 aliphatic heterocycles. The third kappa shape index (κ3) is 4.50. The minimum absolute atomic E-state index is 0.0807. The van der Waals surface area contributed by atoms with Crippen LogP contribution in [0.4, 0.5) is 0 Å². The summed E-state index contributed by atoms with van der Waals surface area (Å²) in [6.45, 7) is 3.32. The van der Waals surface area contributed by atoms with Gasteiger partial charge in [0.15, 0.2) is 11.0 Å². The van der Waals surface area contributed by atoms with E-state index in [1.165, 1.54) is 18.7 Å². The third-order valence-electron chi connectivity index (χ3n) is 3.62. The molecule has 0 aliphatic rings. The number of hydrogen-bond acceptors (Lipinski definition) is 6. The van der Waals surface area contributed by atoms with Gasteiger partial charge in [-0.2, -0.15) is 0 Å². The number of carbonyl (C=O) groups is 2. The molecule has 2 aromatic heterocycles. The first-order chi connectivity index (χ1) is 13.1. The molecule has 0 spiro atoms. The van der Waals surface area contributed by atoms with E-state index < -0.39 is 0 Å². The molecule has 8 nitrogen and oxygen atoms in total. The number of hydrazine groups is 1. The summed E-state index contributed by atoms with van der Waals surface area (Å²) in [7, 11) is 0. The molecule has 2 N–H and O–H groups in total. The van der Waals surface area contributed by atoms with E-state index in [9.17, 15) is 9.59 Å². The van der Waals surface area contributed by atoms with E-state index in [1.54, 1.807) is 12.4 Å². The number of aryl methyl sites for hydroxylation is 1. The molecule has 138 valence electrons. The van der Waals surface area contributed by atoms with Gasteiger partial charge in [-0.1, -0.05) is 30.0 Å². The number of amides is 2. The first-order valence-electron chi connectivity index (χ1n) is 8.16. The zero-order chi connectivity index (χ0) is 19.2. The van der Waals surface area contributed by atoms with Crippen LogP contribution in [-0.4, -0.2) is 37.3 Å². The lowest BCUT2D eigenvalue weighted by atomic mass is 10.2. The number of hydrogen-bond donors (Lipinski definition) is 2. The number of aromatic nitrogens is 4. The minimum atomic E-state index is -0.338. The van der Waals surface area contributed by atoms with Crippen molar-refractivity contribution in [2.24, 2.45) is 0 Å². The van der Waals surface area contributed by atoms with Gasteiger partial charge in [-0.3, -0.25) is 30.0 Å². The fraction of sp³-hybridized carbons (Fsp3) is 0.167. The van der Waals surface area contributed by atoms with Crippen molar-refractivity contribution in [1.29, 1.82) is 0 Å². The summed E-state index contributed by atoms with van der Waals surface area (Å²) in [4.78, 5) is 26.9. The van der Waals surface area contributed by atoms with E-state index >= 15 is 0 Å². The predicted octanol–water partition coefficient (Wildman–Crippen LogP) is 1.90. The van der Waals surface area contributed by atoms with Gasteiger partial charge in [0, 0.05) is 24.9 Å². The molecular weight excluding hydrogens is 364 g/mol.